The SMILES string of the molecule is CCCC1CCN(CC(=O)Nc2ccccc2N)CC1. The number of likely N-dealkylation sites (tertiary alicyclic amines) is 1. The molecule has 1 saturated heterocycles. The van der Waals surface area contributed by atoms with Crippen molar-refractivity contribution in [2.75, 3.05) is 30.7 Å². The van der Waals surface area contributed by atoms with Crippen LogP contribution >= 0.6 is 0 Å². The number of carbonyl (C=O) groups excluding carboxylic acids is 1. The van der Waals surface area contributed by atoms with Gasteiger partial charge in [0, 0.05) is 0 Å². The van der Waals surface area contributed by atoms with E-state index >= 15 is 0 Å². The first kappa shape index (κ1) is 14.9. The van der Waals surface area contributed by atoms with E-state index < -0.39 is 0 Å². The number of carbonyl (C=O) groups is 1. The quantitative estimate of drug-likeness (QED) is 0.812. The van der Waals surface area contributed by atoms with Crippen molar-refractivity contribution in [2.45, 2.75) is 32.6 Å². The molecule has 0 aliphatic carbocycles. The summed E-state index contributed by atoms with van der Waals surface area (Å²) in [5.74, 6) is 0.876. The first-order valence-electron chi connectivity index (χ1n) is 7.55. The number of para-hydroxylation sites is 2. The predicted molar refractivity (Wildman–Crippen MR) is 83.6 cm³/mol. The maximum Gasteiger partial charge on any atom is 0.238 e. The van der Waals surface area contributed by atoms with Crippen molar-refractivity contribution >= 4 is 17.3 Å². The highest BCUT2D eigenvalue weighted by Gasteiger charge is 2.20. The highest BCUT2D eigenvalue weighted by atomic mass is 16.2. The lowest BCUT2D eigenvalue weighted by molar-refractivity contribution is -0.117. The molecule has 4 heteroatoms. The number of nitrogen functional groups attached to an aromatic ring is 1. The molecule has 20 heavy (non-hydrogen) atoms. The molecule has 1 aliphatic rings. The number of amides is 1. The van der Waals surface area contributed by atoms with Crippen LogP contribution in [0.1, 0.15) is 32.6 Å². The van der Waals surface area contributed by atoms with Gasteiger partial charge in [-0.1, -0.05) is 31.9 Å². The topological polar surface area (TPSA) is 58.4 Å². The van der Waals surface area contributed by atoms with Crippen LogP contribution in [0.5, 0.6) is 0 Å². The molecule has 1 heterocycles. The zero-order valence-electron chi connectivity index (χ0n) is 12.3. The van der Waals surface area contributed by atoms with E-state index in [1.165, 1.54) is 25.7 Å². The average molecular weight is 275 g/mol. The minimum atomic E-state index is 0.0249. The summed E-state index contributed by atoms with van der Waals surface area (Å²) < 4.78 is 0. The van der Waals surface area contributed by atoms with Gasteiger partial charge in [0.05, 0.1) is 17.9 Å². The van der Waals surface area contributed by atoms with Crippen molar-refractivity contribution in [3.63, 3.8) is 0 Å². The Morgan fingerprint density at radius 1 is 1.35 bits per heavy atom. The largest absolute Gasteiger partial charge is 0.397 e. The van der Waals surface area contributed by atoms with Crippen LogP contribution in [0.4, 0.5) is 11.4 Å². The molecule has 1 fully saturated rings. The Balaban J connectivity index is 1.77. The highest BCUT2D eigenvalue weighted by molar-refractivity contribution is 5.95. The Labute approximate surface area is 121 Å². The van der Waals surface area contributed by atoms with Crippen LogP contribution in [0, 0.1) is 5.92 Å². The Hall–Kier alpha value is -1.55. The fraction of sp³-hybridized carbons (Fsp3) is 0.562. The third kappa shape index (κ3) is 4.23. The molecule has 110 valence electrons. The smallest absolute Gasteiger partial charge is 0.238 e. The summed E-state index contributed by atoms with van der Waals surface area (Å²) >= 11 is 0. The summed E-state index contributed by atoms with van der Waals surface area (Å²) in [6, 6.07) is 7.37. The molecule has 4 nitrogen and oxygen atoms in total. The van der Waals surface area contributed by atoms with Gasteiger partial charge < -0.3 is 11.1 Å². The monoisotopic (exact) mass is 275 g/mol. The van der Waals surface area contributed by atoms with Crippen LogP contribution in [0.2, 0.25) is 0 Å². The third-order valence-electron chi connectivity index (χ3n) is 4.01. The van der Waals surface area contributed by atoms with E-state index in [1.54, 1.807) is 6.07 Å². The second-order valence-corrected chi connectivity index (χ2v) is 5.64. The second-order valence-electron chi connectivity index (χ2n) is 5.64. The van der Waals surface area contributed by atoms with Crippen molar-refractivity contribution < 1.29 is 4.79 Å². The van der Waals surface area contributed by atoms with Gasteiger partial charge in [-0.25, -0.2) is 0 Å². The van der Waals surface area contributed by atoms with Crippen LogP contribution in [-0.4, -0.2) is 30.4 Å². The molecule has 0 aromatic heterocycles. The molecule has 1 aromatic rings. The van der Waals surface area contributed by atoms with Crippen LogP contribution in [0.25, 0.3) is 0 Å². The number of hydrogen-bond donors (Lipinski definition) is 2. The lowest BCUT2D eigenvalue weighted by atomic mass is 9.92. The van der Waals surface area contributed by atoms with Gasteiger partial charge in [0.1, 0.15) is 0 Å². The lowest BCUT2D eigenvalue weighted by Gasteiger charge is -2.31. The molecule has 0 unspecified atom stereocenters. The number of piperidine rings is 1. The summed E-state index contributed by atoms with van der Waals surface area (Å²) in [4.78, 5) is 14.3. The summed E-state index contributed by atoms with van der Waals surface area (Å²) in [6.45, 7) is 4.77. The maximum atomic E-state index is 12.0. The van der Waals surface area contributed by atoms with Crippen molar-refractivity contribution in [2.24, 2.45) is 5.92 Å². The third-order valence-corrected chi connectivity index (χ3v) is 4.01. The number of hydrogen-bond acceptors (Lipinski definition) is 3. The number of nitrogens with one attached hydrogen (secondary N) is 1. The summed E-state index contributed by atoms with van der Waals surface area (Å²) in [5, 5.41) is 2.89. The zero-order valence-corrected chi connectivity index (χ0v) is 12.3. The maximum absolute atomic E-state index is 12.0. The van der Waals surface area contributed by atoms with Crippen molar-refractivity contribution in [3.05, 3.63) is 24.3 Å². The van der Waals surface area contributed by atoms with Gasteiger partial charge in [0.15, 0.2) is 0 Å². The van der Waals surface area contributed by atoms with Crippen molar-refractivity contribution in [1.29, 1.82) is 0 Å². The Bertz CT molecular complexity index is 439. The second kappa shape index (κ2) is 7.29. The number of nitrogens with zero attached hydrogens (tertiary/aromatic N) is 1. The van der Waals surface area contributed by atoms with Crippen molar-refractivity contribution in [1.82, 2.24) is 4.90 Å². The van der Waals surface area contributed by atoms with E-state index in [1.807, 2.05) is 18.2 Å². The molecule has 1 aromatic carbocycles. The van der Waals surface area contributed by atoms with Gasteiger partial charge in [0.2, 0.25) is 5.91 Å². The van der Waals surface area contributed by atoms with Gasteiger partial charge in [-0.3, -0.25) is 9.69 Å². The fourth-order valence-electron chi connectivity index (χ4n) is 2.85. The van der Waals surface area contributed by atoms with Crippen LogP contribution in [0.3, 0.4) is 0 Å². The molecule has 0 saturated carbocycles. The molecule has 1 aliphatic heterocycles. The zero-order chi connectivity index (χ0) is 14.4. The van der Waals surface area contributed by atoms with Gasteiger partial charge >= 0.3 is 0 Å². The molecular formula is C16H25N3O. The van der Waals surface area contributed by atoms with E-state index in [0.29, 0.717) is 17.9 Å². The molecule has 0 bridgehead atoms. The lowest BCUT2D eigenvalue weighted by Crippen LogP contribution is -2.39. The van der Waals surface area contributed by atoms with E-state index in [0.717, 1.165) is 19.0 Å². The molecular weight excluding hydrogens is 250 g/mol. The first-order chi connectivity index (χ1) is 9.69. The van der Waals surface area contributed by atoms with Gasteiger partial charge in [-0.2, -0.15) is 0 Å². The molecule has 0 radical (unpaired) electrons. The summed E-state index contributed by atoms with van der Waals surface area (Å²) in [5.41, 5.74) is 7.15. The average Bonchev–Trinajstić information content (AvgIpc) is 2.44. The molecule has 0 spiro atoms. The Kier molecular flexibility index (Phi) is 5.41. The molecule has 0 atom stereocenters. The molecule has 2 rings (SSSR count). The fourth-order valence-corrected chi connectivity index (χ4v) is 2.85. The Morgan fingerprint density at radius 2 is 2.05 bits per heavy atom. The number of rotatable bonds is 5. The Morgan fingerprint density at radius 3 is 2.70 bits per heavy atom. The van der Waals surface area contributed by atoms with E-state index in [9.17, 15) is 4.79 Å². The van der Waals surface area contributed by atoms with Gasteiger partial charge in [-0.05, 0) is 44.0 Å². The molecule has 3 N–H and O–H groups in total. The van der Waals surface area contributed by atoms with E-state index in [4.69, 9.17) is 5.73 Å². The minimum absolute atomic E-state index is 0.0249. The predicted octanol–water partition coefficient (Wildman–Crippen LogP) is 2.72. The van der Waals surface area contributed by atoms with Crippen LogP contribution in [-0.2, 0) is 4.79 Å². The first-order valence-corrected chi connectivity index (χ1v) is 7.55. The number of anilines is 2. The van der Waals surface area contributed by atoms with Crippen molar-refractivity contribution in [3.8, 4) is 0 Å². The number of benzene rings is 1. The summed E-state index contributed by atoms with van der Waals surface area (Å²) in [6.07, 6.45) is 5.02. The minimum Gasteiger partial charge on any atom is -0.397 e. The number of nitrogens with two attached hydrogens (primary N) is 1. The van der Waals surface area contributed by atoms with Crippen LogP contribution < -0.4 is 11.1 Å². The van der Waals surface area contributed by atoms with E-state index in [-0.39, 0.29) is 5.91 Å². The van der Waals surface area contributed by atoms with Gasteiger partial charge in [0.25, 0.3) is 0 Å². The van der Waals surface area contributed by atoms with Crippen LogP contribution in [0.15, 0.2) is 24.3 Å². The van der Waals surface area contributed by atoms with E-state index in [2.05, 4.69) is 17.1 Å². The molecule has 1 amide bonds. The highest BCUT2D eigenvalue weighted by Crippen LogP contribution is 2.22. The normalized spacial score (nSPS) is 17.1. The summed E-state index contributed by atoms with van der Waals surface area (Å²) in [7, 11) is 0. The van der Waals surface area contributed by atoms with Gasteiger partial charge in [-0.15, -0.1) is 0 Å². The standard InChI is InChI=1S/C16H25N3O/c1-2-5-13-8-10-19(11-9-13)12-16(20)18-15-7-4-3-6-14(15)17/h3-4,6-7,13H,2,5,8-12,17H2,1H3,(H,18,20).